The van der Waals surface area contributed by atoms with Gasteiger partial charge in [0.05, 0.1) is 18.4 Å². The van der Waals surface area contributed by atoms with E-state index in [1.54, 1.807) is 5.84 Å². The number of hydrogen-bond acceptors (Lipinski definition) is 3. The van der Waals surface area contributed by atoms with Crippen LogP contribution in [0.4, 0.5) is 11.4 Å². The van der Waals surface area contributed by atoms with Gasteiger partial charge in [-0.15, -0.1) is 0 Å². The standard InChI is InChI=1S/C17H18BrNO2.C4H10N2Si/c1-10-8-11(2)16(12(3)9-10)19-14-7-5-6-13(18)15(14)17(20)21-4;1-7(2,3)4-6-5/h5-9,19H,1-4H3;4H,1-3H3. The number of ether oxygens (including phenoxy) is 1. The quantitative estimate of drug-likeness (QED) is 0.197. The minimum atomic E-state index is -1.20. The van der Waals surface area contributed by atoms with Crippen molar-refractivity contribution in [3.63, 3.8) is 0 Å². The second-order valence-corrected chi connectivity index (χ2v) is 13.5. The molecule has 0 aromatic heterocycles. The monoisotopic (exact) mass is 461 g/mol. The van der Waals surface area contributed by atoms with Crippen LogP contribution in [-0.2, 0) is 4.74 Å². The SMILES string of the molecule is COC(=O)c1c(Br)cccc1Nc1c(C)cc(C)cc1C.C[Si](C)(C)C=[N+]=[N-]. The van der Waals surface area contributed by atoms with Crippen LogP contribution < -0.4 is 5.32 Å². The number of nitrogens with zero attached hydrogens (tertiary/aromatic N) is 2. The van der Waals surface area contributed by atoms with Gasteiger partial charge in [0.25, 0.3) is 0 Å². The zero-order chi connectivity index (χ0) is 21.5. The number of carbonyl (C=O) groups is 1. The predicted molar refractivity (Wildman–Crippen MR) is 122 cm³/mol. The van der Waals surface area contributed by atoms with Crippen LogP contribution in [0, 0.1) is 20.8 Å². The van der Waals surface area contributed by atoms with Crippen molar-refractivity contribution in [2.24, 2.45) is 0 Å². The summed E-state index contributed by atoms with van der Waals surface area (Å²) in [5.74, 6) is 1.26. The van der Waals surface area contributed by atoms with Crippen molar-refractivity contribution in [2.45, 2.75) is 40.4 Å². The van der Waals surface area contributed by atoms with E-state index in [0.717, 1.165) is 22.5 Å². The second-order valence-electron chi connectivity index (χ2n) is 7.66. The molecule has 0 aliphatic rings. The summed E-state index contributed by atoms with van der Waals surface area (Å²) in [6.45, 7) is 12.5. The fourth-order valence-electron chi connectivity index (χ4n) is 2.62. The molecule has 0 spiro atoms. The normalized spacial score (nSPS) is 10.3. The number of anilines is 2. The van der Waals surface area contributed by atoms with Crippen LogP contribution in [0.15, 0.2) is 34.8 Å². The topological polar surface area (TPSA) is 74.7 Å². The smallest absolute Gasteiger partial charge is 0.341 e. The minimum absolute atomic E-state index is 0.368. The van der Waals surface area contributed by atoms with Crippen LogP contribution in [0.1, 0.15) is 27.0 Å². The molecule has 28 heavy (non-hydrogen) atoms. The Morgan fingerprint density at radius 1 is 1.18 bits per heavy atom. The van der Waals surface area contributed by atoms with Crippen molar-refractivity contribution in [3.05, 3.63) is 62.6 Å². The molecule has 0 saturated carbocycles. The molecule has 0 fully saturated rings. The number of carbonyl (C=O) groups excluding carboxylic acids is 1. The summed E-state index contributed by atoms with van der Waals surface area (Å²) in [6, 6.07) is 9.82. The molecule has 150 valence electrons. The number of aryl methyl sites for hydroxylation is 3. The maximum Gasteiger partial charge on any atom is 0.341 e. The highest BCUT2D eigenvalue weighted by Crippen LogP contribution is 2.31. The molecule has 2 aromatic carbocycles. The molecule has 2 aromatic rings. The molecule has 0 aliphatic heterocycles. The van der Waals surface area contributed by atoms with E-state index in [9.17, 15) is 4.79 Å². The van der Waals surface area contributed by atoms with E-state index in [2.05, 4.69) is 78.6 Å². The highest BCUT2D eigenvalue weighted by molar-refractivity contribution is 9.10. The van der Waals surface area contributed by atoms with Gasteiger partial charge in [-0.1, -0.05) is 43.4 Å². The Labute approximate surface area is 176 Å². The molecular formula is C21H28BrN3O2Si. The third-order valence-corrected chi connectivity index (χ3v) is 5.34. The largest absolute Gasteiger partial charge is 0.465 e. The maximum atomic E-state index is 12.0. The number of rotatable bonds is 4. The minimum Gasteiger partial charge on any atom is -0.465 e. The summed E-state index contributed by atoms with van der Waals surface area (Å²) < 4.78 is 5.58. The Morgan fingerprint density at radius 2 is 1.75 bits per heavy atom. The van der Waals surface area contributed by atoms with Gasteiger partial charge in [-0.25, -0.2) is 4.79 Å². The first-order valence-corrected chi connectivity index (χ1v) is 13.3. The van der Waals surface area contributed by atoms with Gasteiger partial charge in [0.2, 0.25) is 5.84 Å². The number of methoxy groups -OCH3 is 1. The Balaban J connectivity index is 0.000000480. The molecule has 0 unspecified atom stereocenters. The summed E-state index contributed by atoms with van der Waals surface area (Å²) in [7, 11) is 0.184. The average Bonchev–Trinajstić information content (AvgIpc) is 2.57. The first-order chi connectivity index (χ1) is 13.0. The van der Waals surface area contributed by atoms with Crippen molar-refractivity contribution in [3.8, 4) is 0 Å². The van der Waals surface area contributed by atoms with Crippen molar-refractivity contribution < 1.29 is 14.3 Å². The lowest BCUT2D eigenvalue weighted by molar-refractivity contribution is 0.00679. The van der Waals surface area contributed by atoms with Crippen molar-refractivity contribution in [2.75, 3.05) is 12.4 Å². The van der Waals surface area contributed by atoms with E-state index in [1.807, 2.05) is 18.2 Å². The molecule has 5 nitrogen and oxygen atoms in total. The third kappa shape index (κ3) is 7.07. The molecule has 0 amide bonds. The highest BCUT2D eigenvalue weighted by atomic mass is 79.9. The lowest BCUT2D eigenvalue weighted by Crippen LogP contribution is -2.22. The van der Waals surface area contributed by atoms with Crippen LogP contribution in [0.3, 0.4) is 0 Å². The lowest BCUT2D eigenvalue weighted by Gasteiger charge is -2.16. The highest BCUT2D eigenvalue weighted by Gasteiger charge is 2.17. The first kappa shape index (κ1) is 23.8. The van der Waals surface area contributed by atoms with E-state index in [1.165, 1.54) is 12.7 Å². The molecule has 7 heteroatoms. The number of hydrogen-bond donors (Lipinski definition) is 1. The molecular weight excluding hydrogens is 434 g/mol. The summed E-state index contributed by atoms with van der Waals surface area (Å²) in [6.07, 6.45) is 0. The van der Waals surface area contributed by atoms with Crippen molar-refractivity contribution in [1.82, 2.24) is 0 Å². The van der Waals surface area contributed by atoms with E-state index < -0.39 is 8.07 Å². The molecule has 0 radical (unpaired) electrons. The predicted octanol–water partition coefficient (Wildman–Crippen LogP) is 6.07. The molecule has 0 bridgehead atoms. The van der Waals surface area contributed by atoms with Gasteiger partial charge in [0.1, 0.15) is 0 Å². The Bertz CT molecular complexity index is 878. The van der Waals surface area contributed by atoms with Gasteiger partial charge >= 0.3 is 5.97 Å². The fourth-order valence-corrected chi connectivity index (χ4v) is 3.50. The summed E-state index contributed by atoms with van der Waals surface area (Å²) >= 11 is 3.41. The Kier molecular flexibility index (Phi) is 8.82. The van der Waals surface area contributed by atoms with Crippen LogP contribution in [0.25, 0.3) is 5.53 Å². The van der Waals surface area contributed by atoms with E-state index in [4.69, 9.17) is 10.3 Å². The van der Waals surface area contributed by atoms with Crippen LogP contribution >= 0.6 is 15.9 Å². The van der Waals surface area contributed by atoms with Gasteiger partial charge in [-0.3, -0.25) is 0 Å². The van der Waals surface area contributed by atoms with E-state index in [0.29, 0.717) is 10.0 Å². The zero-order valence-electron chi connectivity index (χ0n) is 17.6. The van der Waals surface area contributed by atoms with Crippen molar-refractivity contribution in [1.29, 1.82) is 0 Å². The third-order valence-electron chi connectivity index (χ3n) is 3.78. The second kappa shape index (κ2) is 10.4. The average molecular weight is 462 g/mol. The molecule has 0 saturated heterocycles. The lowest BCUT2D eigenvalue weighted by atomic mass is 10.0. The number of nitrogens with one attached hydrogen (secondary N) is 1. The summed E-state index contributed by atoms with van der Waals surface area (Å²) in [5.41, 5.74) is 13.8. The number of halogens is 1. The zero-order valence-corrected chi connectivity index (χ0v) is 20.1. The van der Waals surface area contributed by atoms with Gasteiger partial charge in [-0.2, -0.15) is 4.79 Å². The molecule has 2 rings (SSSR count). The molecule has 0 heterocycles. The molecule has 1 N–H and O–H groups in total. The molecule has 0 aliphatic carbocycles. The van der Waals surface area contributed by atoms with E-state index >= 15 is 0 Å². The first-order valence-electron chi connectivity index (χ1n) is 8.90. The van der Waals surface area contributed by atoms with Gasteiger partial charge < -0.3 is 15.6 Å². The Hall–Kier alpha value is -2.21. The summed E-state index contributed by atoms with van der Waals surface area (Å²) in [4.78, 5) is 14.9. The van der Waals surface area contributed by atoms with Crippen LogP contribution in [-0.4, -0.2) is 31.8 Å². The van der Waals surface area contributed by atoms with E-state index in [-0.39, 0.29) is 5.97 Å². The maximum absolute atomic E-state index is 12.0. The van der Waals surface area contributed by atoms with Gasteiger partial charge in [0.15, 0.2) is 8.07 Å². The Morgan fingerprint density at radius 3 is 2.18 bits per heavy atom. The molecule has 0 atom stereocenters. The van der Waals surface area contributed by atoms with Gasteiger partial charge in [0, 0.05) is 10.2 Å². The fraction of sp³-hybridized carbons (Fsp3) is 0.333. The van der Waals surface area contributed by atoms with Crippen LogP contribution in [0.5, 0.6) is 0 Å². The summed E-state index contributed by atoms with van der Waals surface area (Å²) in [5, 5.41) is 3.36. The van der Waals surface area contributed by atoms with Gasteiger partial charge in [-0.05, 0) is 60.0 Å². The number of benzene rings is 2. The number of esters is 1. The van der Waals surface area contributed by atoms with Crippen LogP contribution in [0.2, 0.25) is 19.6 Å². The van der Waals surface area contributed by atoms with Crippen molar-refractivity contribution >= 4 is 47.2 Å².